The molecule has 1 aromatic heterocycles. The van der Waals surface area contributed by atoms with E-state index in [0.29, 0.717) is 18.7 Å². The minimum Gasteiger partial charge on any atom is -0.461 e. The fourth-order valence-corrected chi connectivity index (χ4v) is 3.25. The number of halogens is 1. The number of carbonyl (C=O) groups is 1. The van der Waals surface area contributed by atoms with Crippen molar-refractivity contribution in [2.75, 3.05) is 24.6 Å². The molecule has 0 bridgehead atoms. The SMILES string of the molecule is CCOC(=O)c1noc2c(F)c(N3CC(C)OC(C)C3)c(CO)cc12. The van der Waals surface area contributed by atoms with Crippen LogP contribution in [0.5, 0.6) is 0 Å². The van der Waals surface area contributed by atoms with Gasteiger partial charge in [0.2, 0.25) is 5.58 Å². The van der Waals surface area contributed by atoms with Gasteiger partial charge in [0.25, 0.3) is 0 Å². The molecule has 2 unspecified atom stereocenters. The van der Waals surface area contributed by atoms with E-state index in [1.165, 1.54) is 6.07 Å². The van der Waals surface area contributed by atoms with Crippen molar-refractivity contribution in [2.24, 2.45) is 0 Å². The average Bonchev–Trinajstić information content (AvgIpc) is 2.98. The number of rotatable bonds is 4. The van der Waals surface area contributed by atoms with Crippen LogP contribution in [0, 0.1) is 5.82 Å². The Kier molecular flexibility index (Phi) is 4.91. The molecule has 25 heavy (non-hydrogen) atoms. The van der Waals surface area contributed by atoms with Gasteiger partial charge in [-0.15, -0.1) is 0 Å². The number of ether oxygens (including phenoxy) is 2. The molecule has 136 valence electrons. The van der Waals surface area contributed by atoms with E-state index in [-0.39, 0.29) is 47.8 Å². The Morgan fingerprint density at radius 1 is 1.44 bits per heavy atom. The van der Waals surface area contributed by atoms with Gasteiger partial charge < -0.3 is 24.0 Å². The number of fused-ring (bicyclic) bond motifs is 1. The largest absolute Gasteiger partial charge is 0.461 e. The maximum atomic E-state index is 15.1. The highest BCUT2D eigenvalue weighted by molar-refractivity contribution is 6.02. The average molecular weight is 352 g/mol. The lowest BCUT2D eigenvalue weighted by molar-refractivity contribution is -0.00550. The van der Waals surface area contributed by atoms with Crippen molar-refractivity contribution in [1.29, 1.82) is 0 Å². The van der Waals surface area contributed by atoms with E-state index in [1.54, 1.807) is 6.92 Å². The molecule has 2 atom stereocenters. The molecule has 1 saturated heterocycles. The van der Waals surface area contributed by atoms with Crippen LogP contribution in [0.3, 0.4) is 0 Å². The van der Waals surface area contributed by atoms with Crippen molar-refractivity contribution in [3.05, 3.63) is 23.1 Å². The normalized spacial score (nSPS) is 20.9. The molecule has 2 heterocycles. The number of carbonyl (C=O) groups excluding carboxylic acids is 1. The number of benzene rings is 1. The smallest absolute Gasteiger partial charge is 0.361 e. The molecule has 8 heteroatoms. The summed E-state index contributed by atoms with van der Waals surface area (Å²) in [5.41, 5.74) is 0.395. The zero-order valence-electron chi connectivity index (χ0n) is 14.4. The van der Waals surface area contributed by atoms with Crippen LogP contribution in [0.25, 0.3) is 11.0 Å². The maximum Gasteiger partial charge on any atom is 0.361 e. The highest BCUT2D eigenvalue weighted by Crippen LogP contribution is 2.35. The number of anilines is 1. The van der Waals surface area contributed by atoms with Crippen molar-refractivity contribution >= 4 is 22.6 Å². The Labute approximate surface area is 144 Å². The van der Waals surface area contributed by atoms with E-state index >= 15 is 4.39 Å². The molecule has 1 aliphatic rings. The van der Waals surface area contributed by atoms with Gasteiger partial charge in [0.15, 0.2) is 11.5 Å². The summed E-state index contributed by atoms with van der Waals surface area (Å²) in [7, 11) is 0. The van der Waals surface area contributed by atoms with Gasteiger partial charge in [0.1, 0.15) is 0 Å². The van der Waals surface area contributed by atoms with E-state index in [4.69, 9.17) is 14.0 Å². The first-order valence-electron chi connectivity index (χ1n) is 8.25. The molecular formula is C17H21FN2O5. The summed E-state index contributed by atoms with van der Waals surface area (Å²) >= 11 is 0. The number of morpholine rings is 1. The predicted octanol–water partition coefficient (Wildman–Crippen LogP) is 2.25. The second-order valence-corrected chi connectivity index (χ2v) is 6.15. The third kappa shape index (κ3) is 3.19. The van der Waals surface area contributed by atoms with Crippen molar-refractivity contribution in [2.45, 2.75) is 39.6 Å². The second-order valence-electron chi connectivity index (χ2n) is 6.15. The third-order valence-corrected chi connectivity index (χ3v) is 4.13. The van der Waals surface area contributed by atoms with Crippen LogP contribution >= 0.6 is 0 Å². The first kappa shape index (κ1) is 17.6. The molecule has 0 amide bonds. The van der Waals surface area contributed by atoms with Crippen LogP contribution in [0.4, 0.5) is 10.1 Å². The standard InChI is InChI=1S/C17H21FN2O5/c1-4-23-17(22)14-12-5-11(8-21)15(13(18)16(12)25-19-14)20-6-9(2)24-10(3)7-20/h5,9-10,21H,4,6-8H2,1-3H3. The quantitative estimate of drug-likeness (QED) is 0.845. The number of aliphatic hydroxyl groups excluding tert-OH is 1. The predicted molar refractivity (Wildman–Crippen MR) is 88.1 cm³/mol. The van der Waals surface area contributed by atoms with E-state index in [1.807, 2.05) is 18.7 Å². The van der Waals surface area contributed by atoms with Crippen LogP contribution in [0.15, 0.2) is 10.6 Å². The van der Waals surface area contributed by atoms with Crippen LogP contribution in [-0.4, -0.2) is 48.1 Å². The van der Waals surface area contributed by atoms with Crippen LogP contribution in [0.2, 0.25) is 0 Å². The fourth-order valence-electron chi connectivity index (χ4n) is 3.25. The fraction of sp³-hybridized carbons (Fsp3) is 0.529. The first-order chi connectivity index (χ1) is 12.0. The summed E-state index contributed by atoms with van der Waals surface area (Å²) in [5, 5.41) is 13.6. The monoisotopic (exact) mass is 352 g/mol. The molecule has 1 aliphatic heterocycles. The first-order valence-corrected chi connectivity index (χ1v) is 8.25. The van der Waals surface area contributed by atoms with E-state index < -0.39 is 11.8 Å². The number of nitrogens with zero attached hydrogens (tertiary/aromatic N) is 2. The second kappa shape index (κ2) is 6.97. The van der Waals surface area contributed by atoms with Gasteiger partial charge in [-0.2, -0.15) is 0 Å². The van der Waals surface area contributed by atoms with Gasteiger partial charge in [-0.25, -0.2) is 9.18 Å². The molecular weight excluding hydrogens is 331 g/mol. The molecule has 0 radical (unpaired) electrons. The third-order valence-electron chi connectivity index (χ3n) is 4.13. The van der Waals surface area contributed by atoms with Gasteiger partial charge in [-0.3, -0.25) is 0 Å². The summed E-state index contributed by atoms with van der Waals surface area (Å²) in [6.45, 7) is 6.24. The molecule has 3 rings (SSSR count). The van der Waals surface area contributed by atoms with Crippen molar-refractivity contribution in [3.8, 4) is 0 Å². The number of hydrogen-bond acceptors (Lipinski definition) is 7. The Balaban J connectivity index is 2.11. The summed E-state index contributed by atoms with van der Waals surface area (Å²) in [4.78, 5) is 13.8. The molecule has 1 aromatic carbocycles. The van der Waals surface area contributed by atoms with Crippen molar-refractivity contribution < 1.29 is 28.3 Å². The number of esters is 1. The highest BCUT2D eigenvalue weighted by atomic mass is 19.1. The van der Waals surface area contributed by atoms with Gasteiger partial charge in [0, 0.05) is 18.7 Å². The van der Waals surface area contributed by atoms with E-state index in [2.05, 4.69) is 5.16 Å². The van der Waals surface area contributed by atoms with E-state index in [9.17, 15) is 9.90 Å². The Morgan fingerprint density at radius 3 is 2.72 bits per heavy atom. The van der Waals surface area contributed by atoms with Crippen molar-refractivity contribution in [1.82, 2.24) is 5.16 Å². The molecule has 0 aliphatic carbocycles. The summed E-state index contributed by atoms with van der Waals surface area (Å²) in [5.74, 6) is -1.34. The van der Waals surface area contributed by atoms with Crippen molar-refractivity contribution in [3.63, 3.8) is 0 Å². The lowest BCUT2D eigenvalue weighted by Gasteiger charge is -2.37. The van der Waals surface area contributed by atoms with Gasteiger partial charge >= 0.3 is 5.97 Å². The van der Waals surface area contributed by atoms with Crippen LogP contribution in [-0.2, 0) is 16.1 Å². The molecule has 1 fully saturated rings. The molecule has 0 saturated carbocycles. The van der Waals surface area contributed by atoms with Gasteiger partial charge in [0.05, 0.1) is 36.5 Å². The number of hydrogen-bond donors (Lipinski definition) is 1. The highest BCUT2D eigenvalue weighted by Gasteiger charge is 2.30. The molecule has 0 spiro atoms. The molecule has 1 N–H and O–H groups in total. The van der Waals surface area contributed by atoms with Gasteiger partial charge in [-0.1, -0.05) is 5.16 Å². The maximum absolute atomic E-state index is 15.1. The zero-order valence-corrected chi connectivity index (χ0v) is 14.4. The molecule has 7 nitrogen and oxygen atoms in total. The molecule has 2 aromatic rings. The van der Waals surface area contributed by atoms with Crippen LogP contribution < -0.4 is 4.90 Å². The Bertz CT molecular complexity index is 781. The van der Waals surface area contributed by atoms with E-state index in [0.717, 1.165) is 0 Å². The summed E-state index contributed by atoms with van der Waals surface area (Å²) in [6.07, 6.45) is -0.148. The minimum absolute atomic E-state index is 0.0739. The number of aromatic nitrogens is 1. The Morgan fingerprint density at radius 2 is 2.12 bits per heavy atom. The lowest BCUT2D eigenvalue weighted by atomic mass is 10.1. The van der Waals surface area contributed by atoms with Crippen LogP contribution in [0.1, 0.15) is 36.8 Å². The van der Waals surface area contributed by atoms with Gasteiger partial charge in [-0.05, 0) is 26.8 Å². The Hall–Kier alpha value is -2.19. The zero-order chi connectivity index (χ0) is 18.1. The summed E-state index contributed by atoms with van der Waals surface area (Å²) < 4.78 is 30.8. The number of aliphatic hydroxyl groups is 1. The minimum atomic E-state index is -0.689. The topological polar surface area (TPSA) is 85.0 Å². The summed E-state index contributed by atoms with van der Waals surface area (Å²) in [6, 6.07) is 1.53. The lowest BCUT2D eigenvalue weighted by Crippen LogP contribution is -2.46.